The average Bonchev–Trinajstić information content (AvgIpc) is 2.60. The summed E-state index contributed by atoms with van der Waals surface area (Å²) in [6, 6.07) is 7.52. The Hall–Kier alpha value is -2.14. The number of benzene rings is 2. The molecule has 2 aromatic carbocycles. The molecule has 0 saturated heterocycles. The summed E-state index contributed by atoms with van der Waals surface area (Å²) >= 11 is 1.57. The zero-order valence-corrected chi connectivity index (χ0v) is 16.5. The van der Waals surface area contributed by atoms with Gasteiger partial charge >= 0.3 is 0 Å². The molecule has 0 saturated carbocycles. The normalized spacial score (nSPS) is 10.5. The van der Waals surface area contributed by atoms with E-state index < -0.39 is 0 Å². The number of nitrogens with one attached hydrogen (secondary N) is 1. The Kier molecular flexibility index (Phi) is 6.37. The number of hydrogen-bond acceptors (Lipinski definition) is 4. The van der Waals surface area contributed by atoms with Crippen molar-refractivity contribution in [2.75, 3.05) is 25.3 Å². The van der Waals surface area contributed by atoms with Gasteiger partial charge < -0.3 is 14.8 Å². The minimum atomic E-state index is -0.0745. The van der Waals surface area contributed by atoms with Crippen LogP contribution < -0.4 is 14.8 Å². The molecule has 0 heterocycles. The summed E-state index contributed by atoms with van der Waals surface area (Å²) in [4.78, 5) is 13.6. The zero-order chi connectivity index (χ0) is 18.6. The van der Waals surface area contributed by atoms with Crippen molar-refractivity contribution >= 4 is 23.4 Å². The molecule has 0 bridgehead atoms. The molecule has 1 amide bonds. The Labute approximate surface area is 153 Å². The van der Waals surface area contributed by atoms with E-state index in [4.69, 9.17) is 9.47 Å². The highest BCUT2D eigenvalue weighted by molar-refractivity contribution is 8.00. The molecular formula is C20H25NO3S. The lowest BCUT2D eigenvalue weighted by Gasteiger charge is -2.15. The summed E-state index contributed by atoms with van der Waals surface area (Å²) in [7, 11) is 3.17. The molecule has 2 rings (SSSR count). The topological polar surface area (TPSA) is 47.6 Å². The van der Waals surface area contributed by atoms with E-state index in [1.165, 1.54) is 27.1 Å². The van der Waals surface area contributed by atoms with Gasteiger partial charge in [0.15, 0.2) is 0 Å². The van der Waals surface area contributed by atoms with Crippen LogP contribution in [0.1, 0.15) is 22.3 Å². The zero-order valence-electron chi connectivity index (χ0n) is 15.6. The molecule has 1 N–H and O–H groups in total. The molecular weight excluding hydrogens is 334 g/mol. The van der Waals surface area contributed by atoms with Gasteiger partial charge in [-0.25, -0.2) is 0 Å². The summed E-state index contributed by atoms with van der Waals surface area (Å²) in [5.74, 6) is 1.54. The van der Waals surface area contributed by atoms with E-state index >= 15 is 0 Å². The Morgan fingerprint density at radius 2 is 1.64 bits per heavy atom. The number of carbonyl (C=O) groups is 1. The fourth-order valence-corrected chi connectivity index (χ4v) is 3.74. The number of carbonyl (C=O) groups excluding carboxylic acids is 1. The van der Waals surface area contributed by atoms with Crippen molar-refractivity contribution in [3.63, 3.8) is 0 Å². The van der Waals surface area contributed by atoms with Crippen LogP contribution in [0, 0.1) is 27.7 Å². The van der Waals surface area contributed by atoms with Gasteiger partial charge in [-0.3, -0.25) is 4.79 Å². The number of aryl methyl sites for hydroxylation is 2. The monoisotopic (exact) mass is 359 g/mol. The molecule has 0 aliphatic carbocycles. The molecule has 4 nitrogen and oxygen atoms in total. The van der Waals surface area contributed by atoms with Gasteiger partial charge in [-0.05, 0) is 62.1 Å². The van der Waals surface area contributed by atoms with Crippen LogP contribution in [0.4, 0.5) is 5.69 Å². The third-order valence-corrected chi connectivity index (χ3v) is 5.63. The van der Waals surface area contributed by atoms with E-state index in [0.29, 0.717) is 22.9 Å². The molecule has 0 fully saturated rings. The lowest BCUT2D eigenvalue weighted by atomic mass is 10.0. The van der Waals surface area contributed by atoms with Crippen molar-refractivity contribution in [2.45, 2.75) is 32.6 Å². The van der Waals surface area contributed by atoms with Gasteiger partial charge in [0, 0.05) is 11.0 Å². The first-order chi connectivity index (χ1) is 11.9. The van der Waals surface area contributed by atoms with Crippen molar-refractivity contribution in [3.8, 4) is 11.5 Å². The van der Waals surface area contributed by atoms with E-state index in [9.17, 15) is 4.79 Å². The highest BCUT2D eigenvalue weighted by Crippen LogP contribution is 2.32. The fraction of sp³-hybridized carbons (Fsp3) is 0.350. The van der Waals surface area contributed by atoms with Crippen molar-refractivity contribution in [2.24, 2.45) is 0 Å². The highest BCUT2D eigenvalue weighted by atomic mass is 32.2. The Bertz CT molecular complexity index is 761. The molecule has 134 valence electrons. The third kappa shape index (κ3) is 4.48. The third-order valence-electron chi connectivity index (χ3n) is 4.33. The van der Waals surface area contributed by atoms with Crippen LogP contribution in [0.15, 0.2) is 29.2 Å². The molecule has 0 radical (unpaired) electrons. The summed E-state index contributed by atoms with van der Waals surface area (Å²) in [5, 5.41) is 2.91. The second kappa shape index (κ2) is 8.30. The van der Waals surface area contributed by atoms with E-state index in [2.05, 4.69) is 39.1 Å². The van der Waals surface area contributed by atoms with Crippen LogP contribution in [0.25, 0.3) is 0 Å². The number of ether oxygens (including phenoxy) is 2. The van der Waals surface area contributed by atoms with Gasteiger partial charge in [0.2, 0.25) is 5.91 Å². The predicted octanol–water partition coefficient (Wildman–Crippen LogP) is 4.67. The smallest absolute Gasteiger partial charge is 0.234 e. The number of hydrogen-bond donors (Lipinski definition) is 1. The molecule has 0 atom stereocenters. The van der Waals surface area contributed by atoms with Gasteiger partial charge in [0.25, 0.3) is 0 Å². The SMILES string of the molecule is COc1ccc(OC)c(NC(=O)CSc2c(C)c(C)cc(C)c2C)c1. The number of rotatable bonds is 6. The first-order valence-corrected chi connectivity index (χ1v) is 9.08. The molecule has 25 heavy (non-hydrogen) atoms. The number of thioether (sulfide) groups is 1. The standard InChI is InChI=1S/C20H25NO3S/c1-12-9-13(2)15(4)20(14(12)3)25-11-19(22)21-17-10-16(23-5)7-8-18(17)24-6/h7-10H,11H2,1-6H3,(H,21,22). The first-order valence-electron chi connectivity index (χ1n) is 8.09. The van der Waals surface area contributed by atoms with Crippen molar-refractivity contribution in [3.05, 3.63) is 46.5 Å². The van der Waals surface area contributed by atoms with Gasteiger partial charge in [0.1, 0.15) is 11.5 Å². The number of methoxy groups -OCH3 is 2. The Morgan fingerprint density at radius 1 is 1.00 bits per heavy atom. The molecule has 0 spiro atoms. The summed E-state index contributed by atoms with van der Waals surface area (Å²) in [6.07, 6.45) is 0. The molecule has 0 aliphatic heterocycles. The average molecular weight is 359 g/mol. The summed E-state index contributed by atoms with van der Waals surface area (Å²) < 4.78 is 10.5. The molecule has 0 aliphatic rings. The molecule has 0 unspecified atom stereocenters. The van der Waals surface area contributed by atoms with E-state index in [-0.39, 0.29) is 5.91 Å². The largest absolute Gasteiger partial charge is 0.497 e. The lowest BCUT2D eigenvalue weighted by molar-refractivity contribution is -0.113. The lowest BCUT2D eigenvalue weighted by Crippen LogP contribution is -2.15. The quantitative estimate of drug-likeness (QED) is 0.762. The van der Waals surface area contributed by atoms with Crippen LogP contribution in [-0.4, -0.2) is 25.9 Å². The van der Waals surface area contributed by atoms with Crippen molar-refractivity contribution < 1.29 is 14.3 Å². The minimum Gasteiger partial charge on any atom is -0.497 e. The molecule has 2 aromatic rings. The fourth-order valence-electron chi connectivity index (χ4n) is 2.63. The maximum atomic E-state index is 12.4. The van der Waals surface area contributed by atoms with Crippen LogP contribution in [0.5, 0.6) is 11.5 Å². The first kappa shape index (κ1) is 19.2. The summed E-state index contributed by atoms with van der Waals surface area (Å²) in [5.41, 5.74) is 5.59. The summed E-state index contributed by atoms with van der Waals surface area (Å²) in [6.45, 7) is 8.42. The Morgan fingerprint density at radius 3 is 2.20 bits per heavy atom. The van der Waals surface area contributed by atoms with E-state index in [0.717, 1.165) is 0 Å². The van der Waals surface area contributed by atoms with Crippen LogP contribution in [0.3, 0.4) is 0 Å². The van der Waals surface area contributed by atoms with Gasteiger partial charge in [-0.15, -0.1) is 11.8 Å². The van der Waals surface area contributed by atoms with Crippen LogP contribution >= 0.6 is 11.8 Å². The highest BCUT2D eigenvalue weighted by Gasteiger charge is 2.13. The Balaban J connectivity index is 2.12. The molecule has 5 heteroatoms. The molecule has 0 aromatic heterocycles. The van der Waals surface area contributed by atoms with Gasteiger partial charge in [-0.2, -0.15) is 0 Å². The van der Waals surface area contributed by atoms with Gasteiger partial charge in [0.05, 0.1) is 25.7 Å². The van der Waals surface area contributed by atoms with E-state index in [1.807, 2.05) is 0 Å². The van der Waals surface area contributed by atoms with Crippen molar-refractivity contribution in [1.29, 1.82) is 0 Å². The van der Waals surface area contributed by atoms with Crippen LogP contribution in [0.2, 0.25) is 0 Å². The number of anilines is 1. The second-order valence-corrected chi connectivity index (χ2v) is 6.98. The second-order valence-electron chi connectivity index (χ2n) is 5.99. The number of amides is 1. The minimum absolute atomic E-state index is 0.0745. The predicted molar refractivity (Wildman–Crippen MR) is 104 cm³/mol. The maximum Gasteiger partial charge on any atom is 0.234 e. The maximum absolute atomic E-state index is 12.4. The van der Waals surface area contributed by atoms with Crippen molar-refractivity contribution in [1.82, 2.24) is 0 Å². The van der Waals surface area contributed by atoms with E-state index in [1.54, 1.807) is 44.2 Å². The van der Waals surface area contributed by atoms with Crippen LogP contribution in [-0.2, 0) is 4.79 Å². The van der Waals surface area contributed by atoms with Gasteiger partial charge in [-0.1, -0.05) is 6.07 Å².